The van der Waals surface area contributed by atoms with Crippen molar-refractivity contribution in [2.75, 3.05) is 17.3 Å². The van der Waals surface area contributed by atoms with Crippen molar-refractivity contribution in [3.63, 3.8) is 0 Å². The predicted octanol–water partition coefficient (Wildman–Crippen LogP) is 2.57. The van der Waals surface area contributed by atoms with Gasteiger partial charge in [0.05, 0.1) is 5.69 Å². The number of alkyl halides is 1. The van der Waals surface area contributed by atoms with Gasteiger partial charge in [0.25, 0.3) is 0 Å². The molecule has 0 fully saturated rings. The fourth-order valence-corrected chi connectivity index (χ4v) is 1.45. The van der Waals surface area contributed by atoms with Crippen LogP contribution in [0.1, 0.15) is 6.42 Å². The number of carbonyl (C=O) groups excluding carboxylic acids is 1. The average molecular weight is 260 g/mol. The Hall–Kier alpha value is -0.900. The van der Waals surface area contributed by atoms with Crippen molar-refractivity contribution >= 4 is 27.5 Å². The number of rotatable bonds is 3. The first kappa shape index (κ1) is 11.2. The van der Waals surface area contributed by atoms with E-state index in [2.05, 4.69) is 15.9 Å². The third-order valence-electron chi connectivity index (χ3n) is 1.90. The van der Waals surface area contributed by atoms with Gasteiger partial charge in [0.1, 0.15) is 5.82 Å². The van der Waals surface area contributed by atoms with Gasteiger partial charge in [0.15, 0.2) is 0 Å². The smallest absolute Gasteiger partial charge is 0.227 e. The number of para-hydroxylation sites is 1. The highest BCUT2D eigenvalue weighted by Crippen LogP contribution is 2.17. The van der Waals surface area contributed by atoms with Crippen molar-refractivity contribution < 1.29 is 9.18 Å². The van der Waals surface area contributed by atoms with Crippen molar-refractivity contribution in [1.82, 2.24) is 0 Å². The molecule has 0 aliphatic heterocycles. The van der Waals surface area contributed by atoms with Crippen LogP contribution in [0.5, 0.6) is 0 Å². The van der Waals surface area contributed by atoms with Gasteiger partial charge in [0.2, 0.25) is 5.91 Å². The lowest BCUT2D eigenvalue weighted by atomic mass is 10.2. The van der Waals surface area contributed by atoms with Crippen LogP contribution in [0.15, 0.2) is 24.3 Å². The summed E-state index contributed by atoms with van der Waals surface area (Å²) in [6.45, 7) is 0. The molecule has 0 saturated carbocycles. The van der Waals surface area contributed by atoms with Crippen molar-refractivity contribution in [3.05, 3.63) is 30.1 Å². The maximum absolute atomic E-state index is 13.2. The molecule has 0 aliphatic rings. The maximum Gasteiger partial charge on any atom is 0.227 e. The summed E-state index contributed by atoms with van der Waals surface area (Å²) in [5.41, 5.74) is 0.318. The zero-order valence-corrected chi connectivity index (χ0v) is 9.42. The maximum atomic E-state index is 13.2. The molecule has 0 radical (unpaired) electrons. The molecule has 0 N–H and O–H groups in total. The van der Waals surface area contributed by atoms with E-state index in [1.807, 2.05) is 0 Å². The van der Waals surface area contributed by atoms with E-state index in [4.69, 9.17) is 0 Å². The molecule has 0 aliphatic carbocycles. The van der Waals surface area contributed by atoms with Crippen molar-refractivity contribution in [2.24, 2.45) is 0 Å². The van der Waals surface area contributed by atoms with Crippen molar-refractivity contribution in [2.45, 2.75) is 6.42 Å². The van der Waals surface area contributed by atoms with Crippen molar-refractivity contribution in [1.29, 1.82) is 0 Å². The number of nitrogens with zero attached hydrogens (tertiary/aromatic N) is 1. The second kappa shape index (κ2) is 5.10. The first-order valence-corrected chi connectivity index (χ1v) is 5.36. The summed E-state index contributed by atoms with van der Waals surface area (Å²) < 4.78 is 13.2. The van der Waals surface area contributed by atoms with Gasteiger partial charge in [-0.05, 0) is 12.1 Å². The molecule has 0 heterocycles. The highest BCUT2D eigenvalue weighted by molar-refractivity contribution is 9.09. The Labute approximate surface area is 90.8 Å². The standard InChI is InChI=1S/C10H11BrFNO/c1-13(10(14)6-7-11)9-5-3-2-4-8(9)12/h2-5H,6-7H2,1H3. The predicted molar refractivity (Wildman–Crippen MR) is 58.2 cm³/mol. The minimum absolute atomic E-state index is 0.105. The molecular weight excluding hydrogens is 249 g/mol. The second-order valence-electron chi connectivity index (χ2n) is 2.84. The van der Waals surface area contributed by atoms with Crippen molar-refractivity contribution in [3.8, 4) is 0 Å². The summed E-state index contributed by atoms with van der Waals surface area (Å²) in [6, 6.07) is 6.23. The molecule has 0 bridgehead atoms. The van der Waals surface area contributed by atoms with E-state index in [1.165, 1.54) is 11.0 Å². The van der Waals surface area contributed by atoms with Crippen LogP contribution in [0.25, 0.3) is 0 Å². The first-order valence-electron chi connectivity index (χ1n) is 4.24. The minimum Gasteiger partial charge on any atom is -0.313 e. The fraction of sp³-hybridized carbons (Fsp3) is 0.300. The van der Waals surface area contributed by atoms with Crippen LogP contribution < -0.4 is 4.90 Å². The quantitative estimate of drug-likeness (QED) is 0.765. The number of hydrogen-bond acceptors (Lipinski definition) is 1. The Bertz CT molecular complexity index is 330. The molecule has 1 aromatic carbocycles. The van der Waals surface area contributed by atoms with Crippen LogP contribution in [0.2, 0.25) is 0 Å². The molecule has 0 saturated heterocycles. The first-order chi connectivity index (χ1) is 6.66. The van der Waals surface area contributed by atoms with Gasteiger partial charge in [-0.25, -0.2) is 4.39 Å². The fourth-order valence-electron chi connectivity index (χ4n) is 1.11. The van der Waals surface area contributed by atoms with Gasteiger partial charge in [-0.3, -0.25) is 4.79 Å². The van der Waals surface area contributed by atoms with Crippen LogP contribution in [-0.4, -0.2) is 18.3 Å². The third kappa shape index (κ3) is 2.54. The van der Waals surface area contributed by atoms with E-state index in [-0.39, 0.29) is 11.7 Å². The van der Waals surface area contributed by atoms with Gasteiger partial charge >= 0.3 is 0 Å². The normalized spacial score (nSPS) is 9.93. The van der Waals surface area contributed by atoms with E-state index < -0.39 is 0 Å². The van der Waals surface area contributed by atoms with Gasteiger partial charge < -0.3 is 4.90 Å². The van der Waals surface area contributed by atoms with E-state index in [1.54, 1.807) is 25.2 Å². The molecule has 76 valence electrons. The van der Waals surface area contributed by atoms with E-state index in [0.29, 0.717) is 17.4 Å². The van der Waals surface area contributed by atoms with Crippen LogP contribution in [-0.2, 0) is 4.79 Å². The molecule has 0 atom stereocenters. The lowest BCUT2D eigenvalue weighted by Crippen LogP contribution is -2.27. The number of carbonyl (C=O) groups is 1. The Morgan fingerprint density at radius 1 is 1.50 bits per heavy atom. The minimum atomic E-state index is -0.377. The summed E-state index contributed by atoms with van der Waals surface area (Å²) in [7, 11) is 1.57. The number of anilines is 1. The molecule has 2 nitrogen and oxygen atoms in total. The SMILES string of the molecule is CN(C(=O)CCBr)c1ccccc1F. The molecular formula is C10H11BrFNO. The molecule has 1 amide bonds. The van der Waals surface area contributed by atoms with Crippen LogP contribution >= 0.6 is 15.9 Å². The molecule has 1 rings (SSSR count). The third-order valence-corrected chi connectivity index (χ3v) is 2.29. The zero-order chi connectivity index (χ0) is 10.6. The highest BCUT2D eigenvalue weighted by Gasteiger charge is 2.12. The van der Waals surface area contributed by atoms with Gasteiger partial charge in [0, 0.05) is 18.8 Å². The Morgan fingerprint density at radius 3 is 2.71 bits per heavy atom. The Kier molecular flexibility index (Phi) is 4.07. The summed E-state index contributed by atoms with van der Waals surface area (Å²) in [4.78, 5) is 12.8. The zero-order valence-electron chi connectivity index (χ0n) is 7.84. The number of amides is 1. The Morgan fingerprint density at radius 2 is 2.14 bits per heavy atom. The van der Waals surface area contributed by atoms with Gasteiger partial charge in [-0.1, -0.05) is 28.1 Å². The lowest BCUT2D eigenvalue weighted by Gasteiger charge is -2.17. The topological polar surface area (TPSA) is 20.3 Å². The van der Waals surface area contributed by atoms with Crippen LogP contribution in [0.3, 0.4) is 0 Å². The largest absolute Gasteiger partial charge is 0.313 e. The molecule has 0 aromatic heterocycles. The summed E-state index contributed by atoms with van der Waals surface area (Å²) in [5, 5.41) is 0.588. The Balaban J connectivity index is 2.84. The second-order valence-corrected chi connectivity index (χ2v) is 3.64. The van der Waals surface area contributed by atoms with Crippen LogP contribution in [0.4, 0.5) is 10.1 Å². The average Bonchev–Trinajstić information content (AvgIpc) is 2.18. The number of benzene rings is 1. The summed E-state index contributed by atoms with van der Waals surface area (Å²) in [5.74, 6) is -0.482. The van der Waals surface area contributed by atoms with E-state index >= 15 is 0 Å². The van der Waals surface area contributed by atoms with E-state index in [9.17, 15) is 9.18 Å². The van der Waals surface area contributed by atoms with Gasteiger partial charge in [-0.2, -0.15) is 0 Å². The van der Waals surface area contributed by atoms with Gasteiger partial charge in [-0.15, -0.1) is 0 Å². The lowest BCUT2D eigenvalue weighted by molar-refractivity contribution is -0.117. The molecule has 0 spiro atoms. The number of hydrogen-bond donors (Lipinski definition) is 0. The molecule has 4 heteroatoms. The highest BCUT2D eigenvalue weighted by atomic mass is 79.9. The molecule has 14 heavy (non-hydrogen) atoms. The molecule has 0 unspecified atom stereocenters. The number of halogens is 2. The molecule has 1 aromatic rings. The van der Waals surface area contributed by atoms with Crippen LogP contribution in [0, 0.1) is 5.82 Å². The summed E-state index contributed by atoms with van der Waals surface area (Å²) >= 11 is 3.17. The monoisotopic (exact) mass is 259 g/mol. The van der Waals surface area contributed by atoms with E-state index in [0.717, 1.165) is 0 Å². The summed E-state index contributed by atoms with van der Waals surface area (Å²) in [6.07, 6.45) is 0.366.